The molecule has 0 radical (unpaired) electrons. The van der Waals surface area contributed by atoms with Crippen LogP contribution in [-0.2, 0) is 0 Å². The van der Waals surface area contributed by atoms with Gasteiger partial charge in [0.05, 0.1) is 6.61 Å². The molecule has 0 spiro atoms. The number of nitrogens with zero attached hydrogens (tertiary/aromatic N) is 1. The Labute approximate surface area is 146 Å². The van der Waals surface area contributed by atoms with E-state index in [1.165, 1.54) is 16.7 Å². The van der Waals surface area contributed by atoms with Gasteiger partial charge in [-0.2, -0.15) is 0 Å². The Morgan fingerprint density at radius 3 is 2.25 bits per heavy atom. The summed E-state index contributed by atoms with van der Waals surface area (Å²) in [6.07, 6.45) is 3.27. The molecule has 0 aliphatic rings. The molecule has 2 nitrogen and oxygen atoms in total. The third-order valence-electron chi connectivity index (χ3n) is 4.27. The summed E-state index contributed by atoms with van der Waals surface area (Å²) in [6, 6.07) is 18.8. The molecule has 0 aliphatic heterocycles. The van der Waals surface area contributed by atoms with E-state index < -0.39 is 0 Å². The second-order valence-electron chi connectivity index (χ2n) is 5.99. The van der Waals surface area contributed by atoms with Crippen molar-refractivity contribution in [2.24, 2.45) is 0 Å². The molecule has 0 fully saturated rings. The van der Waals surface area contributed by atoms with Gasteiger partial charge < -0.3 is 9.64 Å². The molecule has 0 bridgehead atoms. The normalized spacial score (nSPS) is 11.8. The Bertz CT molecular complexity index is 612. The van der Waals surface area contributed by atoms with Gasteiger partial charge >= 0.3 is 0 Å². The third-order valence-corrected chi connectivity index (χ3v) is 4.27. The standard InChI is InChI=1S/C22H29NO/c1-4-23(5-2)16-9-17-24-22-14-12-21(13-15-22)19(3)18-20-10-7-6-8-11-20/h6-8,10-15,18H,4-5,9,16-17H2,1-3H3/b19-18+. The van der Waals surface area contributed by atoms with Crippen LogP contribution in [0.5, 0.6) is 5.75 Å². The molecule has 2 rings (SSSR count). The first-order valence-corrected chi connectivity index (χ1v) is 8.92. The molecule has 0 heterocycles. The number of allylic oxidation sites excluding steroid dienone is 1. The lowest BCUT2D eigenvalue weighted by Crippen LogP contribution is -2.25. The Hall–Kier alpha value is -2.06. The van der Waals surface area contributed by atoms with Crippen LogP contribution < -0.4 is 4.74 Å². The minimum Gasteiger partial charge on any atom is -0.494 e. The molecule has 24 heavy (non-hydrogen) atoms. The van der Waals surface area contributed by atoms with Crippen molar-refractivity contribution in [3.05, 3.63) is 65.7 Å². The highest BCUT2D eigenvalue weighted by Gasteiger charge is 2.01. The predicted molar refractivity (Wildman–Crippen MR) is 104 cm³/mol. The maximum atomic E-state index is 5.85. The predicted octanol–water partition coefficient (Wildman–Crippen LogP) is 5.36. The van der Waals surface area contributed by atoms with E-state index in [2.05, 4.69) is 80.3 Å². The molecule has 0 N–H and O–H groups in total. The lowest BCUT2D eigenvalue weighted by atomic mass is 10.0. The lowest BCUT2D eigenvalue weighted by Gasteiger charge is -2.17. The maximum absolute atomic E-state index is 5.85. The second kappa shape index (κ2) is 9.94. The van der Waals surface area contributed by atoms with Gasteiger partial charge in [-0.05, 0) is 55.3 Å². The van der Waals surface area contributed by atoms with Gasteiger partial charge in [0.25, 0.3) is 0 Å². The SMILES string of the molecule is CCN(CC)CCCOc1ccc(/C(C)=C/c2ccccc2)cc1. The van der Waals surface area contributed by atoms with Crippen molar-refractivity contribution in [1.29, 1.82) is 0 Å². The average molecular weight is 323 g/mol. The van der Waals surface area contributed by atoms with E-state index >= 15 is 0 Å². The molecular weight excluding hydrogens is 294 g/mol. The monoisotopic (exact) mass is 323 g/mol. The fourth-order valence-corrected chi connectivity index (χ4v) is 2.71. The highest BCUT2D eigenvalue weighted by molar-refractivity contribution is 5.80. The topological polar surface area (TPSA) is 12.5 Å². The van der Waals surface area contributed by atoms with Gasteiger partial charge in [0.15, 0.2) is 0 Å². The summed E-state index contributed by atoms with van der Waals surface area (Å²) >= 11 is 0. The van der Waals surface area contributed by atoms with Gasteiger partial charge in [-0.1, -0.05) is 62.4 Å². The molecule has 0 saturated heterocycles. The first kappa shape index (κ1) is 18.3. The van der Waals surface area contributed by atoms with Crippen molar-refractivity contribution in [3.8, 4) is 5.75 Å². The number of ether oxygens (including phenoxy) is 1. The van der Waals surface area contributed by atoms with Crippen molar-refractivity contribution in [2.45, 2.75) is 27.2 Å². The Balaban J connectivity index is 1.85. The van der Waals surface area contributed by atoms with Crippen LogP contribution in [-0.4, -0.2) is 31.1 Å². The maximum Gasteiger partial charge on any atom is 0.119 e. The van der Waals surface area contributed by atoms with Gasteiger partial charge in [-0.15, -0.1) is 0 Å². The summed E-state index contributed by atoms with van der Waals surface area (Å²) in [5.74, 6) is 0.950. The first-order chi connectivity index (χ1) is 11.7. The van der Waals surface area contributed by atoms with Crippen molar-refractivity contribution in [3.63, 3.8) is 0 Å². The molecule has 0 atom stereocenters. The highest BCUT2D eigenvalue weighted by Crippen LogP contribution is 2.20. The van der Waals surface area contributed by atoms with E-state index in [-0.39, 0.29) is 0 Å². The van der Waals surface area contributed by atoms with Crippen molar-refractivity contribution in [2.75, 3.05) is 26.2 Å². The van der Waals surface area contributed by atoms with Crippen LogP contribution in [0.4, 0.5) is 0 Å². The van der Waals surface area contributed by atoms with E-state index in [9.17, 15) is 0 Å². The fourth-order valence-electron chi connectivity index (χ4n) is 2.71. The van der Waals surface area contributed by atoms with Crippen LogP contribution in [0.1, 0.15) is 38.3 Å². The largest absolute Gasteiger partial charge is 0.494 e. The molecule has 0 aliphatic carbocycles. The Morgan fingerprint density at radius 2 is 1.62 bits per heavy atom. The van der Waals surface area contributed by atoms with Gasteiger partial charge in [0.1, 0.15) is 5.75 Å². The molecule has 0 unspecified atom stereocenters. The minimum atomic E-state index is 0.773. The van der Waals surface area contributed by atoms with Crippen LogP contribution in [0.25, 0.3) is 11.6 Å². The minimum absolute atomic E-state index is 0.773. The zero-order chi connectivity index (χ0) is 17.2. The Morgan fingerprint density at radius 1 is 0.958 bits per heavy atom. The zero-order valence-electron chi connectivity index (χ0n) is 15.2. The van der Waals surface area contributed by atoms with Gasteiger partial charge in [-0.3, -0.25) is 0 Å². The van der Waals surface area contributed by atoms with Gasteiger partial charge in [0.2, 0.25) is 0 Å². The summed E-state index contributed by atoms with van der Waals surface area (Å²) in [6.45, 7) is 10.6. The van der Waals surface area contributed by atoms with Crippen molar-refractivity contribution in [1.82, 2.24) is 4.90 Å². The summed E-state index contributed by atoms with van der Waals surface area (Å²) in [5.41, 5.74) is 3.72. The quantitative estimate of drug-likeness (QED) is 0.455. The molecule has 2 aromatic carbocycles. The van der Waals surface area contributed by atoms with Crippen LogP contribution >= 0.6 is 0 Å². The lowest BCUT2D eigenvalue weighted by molar-refractivity contribution is 0.249. The summed E-state index contributed by atoms with van der Waals surface area (Å²) < 4.78 is 5.85. The van der Waals surface area contributed by atoms with Crippen LogP contribution in [0, 0.1) is 0 Å². The van der Waals surface area contributed by atoms with E-state index in [1.54, 1.807) is 0 Å². The average Bonchev–Trinajstić information content (AvgIpc) is 2.63. The number of benzene rings is 2. The molecule has 0 aromatic heterocycles. The van der Waals surface area contributed by atoms with Crippen LogP contribution in [0.15, 0.2) is 54.6 Å². The van der Waals surface area contributed by atoms with Crippen LogP contribution in [0.2, 0.25) is 0 Å². The third kappa shape index (κ3) is 5.86. The molecule has 128 valence electrons. The molecule has 2 aromatic rings. The number of rotatable bonds is 9. The summed E-state index contributed by atoms with van der Waals surface area (Å²) in [7, 11) is 0. The van der Waals surface area contributed by atoms with E-state index in [0.717, 1.165) is 38.4 Å². The van der Waals surface area contributed by atoms with Crippen molar-refractivity contribution < 1.29 is 4.74 Å². The summed E-state index contributed by atoms with van der Waals surface area (Å²) in [4.78, 5) is 2.42. The van der Waals surface area contributed by atoms with E-state index in [0.29, 0.717) is 0 Å². The highest BCUT2D eigenvalue weighted by atomic mass is 16.5. The zero-order valence-corrected chi connectivity index (χ0v) is 15.2. The first-order valence-electron chi connectivity index (χ1n) is 8.92. The fraction of sp³-hybridized carbons (Fsp3) is 0.364. The molecule has 0 saturated carbocycles. The molecule has 0 amide bonds. The second-order valence-corrected chi connectivity index (χ2v) is 5.99. The van der Waals surface area contributed by atoms with Gasteiger partial charge in [0, 0.05) is 6.54 Å². The van der Waals surface area contributed by atoms with Crippen molar-refractivity contribution >= 4 is 11.6 Å². The van der Waals surface area contributed by atoms with Crippen LogP contribution in [0.3, 0.4) is 0 Å². The number of hydrogen-bond acceptors (Lipinski definition) is 2. The molecular formula is C22H29NO. The van der Waals surface area contributed by atoms with E-state index in [4.69, 9.17) is 4.74 Å². The van der Waals surface area contributed by atoms with Gasteiger partial charge in [-0.25, -0.2) is 0 Å². The summed E-state index contributed by atoms with van der Waals surface area (Å²) in [5, 5.41) is 0. The van der Waals surface area contributed by atoms with E-state index in [1.807, 2.05) is 6.07 Å². The Kier molecular flexibility index (Phi) is 7.57. The number of hydrogen-bond donors (Lipinski definition) is 0. The smallest absolute Gasteiger partial charge is 0.119 e. The molecule has 2 heteroatoms.